The molecule has 0 spiro atoms. The summed E-state index contributed by atoms with van der Waals surface area (Å²) in [5.74, 6) is 0.350. The Kier molecular flexibility index (Phi) is 3.62. The first-order valence-electron chi connectivity index (χ1n) is 6.33. The van der Waals surface area contributed by atoms with Gasteiger partial charge in [-0.05, 0) is 39.7 Å². The number of phenolic OH excluding ortho intramolecular Hbond substituents is 1. The van der Waals surface area contributed by atoms with Crippen LogP contribution >= 0.6 is 15.9 Å². The smallest absolute Gasteiger partial charge is 0.197 e. The number of phenols is 1. The largest absolute Gasteiger partial charge is 0.507 e. The van der Waals surface area contributed by atoms with Gasteiger partial charge in [0.05, 0.1) is 4.47 Å². The molecule has 4 heteroatoms. The Morgan fingerprint density at radius 2 is 1.81 bits per heavy atom. The van der Waals surface area contributed by atoms with E-state index in [1.165, 1.54) is 12.1 Å². The summed E-state index contributed by atoms with van der Waals surface area (Å²) < 4.78 is 6.31. The molecule has 0 radical (unpaired) electrons. The molecular formula is C17H11BrO3. The van der Waals surface area contributed by atoms with Gasteiger partial charge in [-0.25, -0.2) is 0 Å². The SMILES string of the molecule is O=c1cc(C=Cc2ccccc2)oc2c(Br)ccc(O)c12. The predicted octanol–water partition coefficient (Wildman–Crippen LogP) is 4.43. The van der Waals surface area contributed by atoms with Gasteiger partial charge in [0.25, 0.3) is 0 Å². The monoisotopic (exact) mass is 342 g/mol. The minimum atomic E-state index is -0.275. The van der Waals surface area contributed by atoms with E-state index in [-0.39, 0.29) is 16.6 Å². The molecule has 1 heterocycles. The van der Waals surface area contributed by atoms with Crippen LogP contribution in [0.5, 0.6) is 5.75 Å². The van der Waals surface area contributed by atoms with E-state index >= 15 is 0 Å². The van der Waals surface area contributed by atoms with E-state index in [0.29, 0.717) is 15.8 Å². The Morgan fingerprint density at radius 3 is 2.57 bits per heavy atom. The Labute approximate surface area is 129 Å². The fraction of sp³-hybridized carbons (Fsp3) is 0. The van der Waals surface area contributed by atoms with Crippen molar-refractivity contribution in [2.75, 3.05) is 0 Å². The lowest BCUT2D eigenvalue weighted by Crippen LogP contribution is -2.00. The van der Waals surface area contributed by atoms with Gasteiger partial charge in [0.1, 0.15) is 16.9 Å². The fourth-order valence-electron chi connectivity index (χ4n) is 2.06. The lowest BCUT2D eigenvalue weighted by atomic mass is 10.1. The standard InChI is InChI=1S/C17H11BrO3/c18-13-8-9-14(19)16-15(20)10-12(21-17(13)16)7-6-11-4-2-1-3-5-11/h1-10,19H. The second kappa shape index (κ2) is 5.58. The number of hydrogen-bond donors (Lipinski definition) is 1. The van der Waals surface area contributed by atoms with Crippen LogP contribution in [-0.4, -0.2) is 5.11 Å². The van der Waals surface area contributed by atoms with Crippen LogP contribution in [0, 0.1) is 0 Å². The Balaban J connectivity index is 2.11. The van der Waals surface area contributed by atoms with Crippen LogP contribution in [0.15, 0.2) is 62.2 Å². The number of halogens is 1. The lowest BCUT2D eigenvalue weighted by Gasteiger charge is -2.03. The van der Waals surface area contributed by atoms with Gasteiger partial charge in [-0.15, -0.1) is 0 Å². The van der Waals surface area contributed by atoms with Gasteiger partial charge in [-0.1, -0.05) is 36.4 Å². The highest BCUT2D eigenvalue weighted by Gasteiger charge is 2.10. The molecule has 0 bridgehead atoms. The summed E-state index contributed by atoms with van der Waals surface area (Å²) in [4.78, 5) is 12.1. The van der Waals surface area contributed by atoms with E-state index in [2.05, 4.69) is 15.9 Å². The van der Waals surface area contributed by atoms with Crippen LogP contribution in [0.4, 0.5) is 0 Å². The van der Waals surface area contributed by atoms with Crippen molar-refractivity contribution in [1.29, 1.82) is 0 Å². The highest BCUT2D eigenvalue weighted by Crippen LogP contribution is 2.29. The summed E-state index contributed by atoms with van der Waals surface area (Å²) in [7, 11) is 0. The van der Waals surface area contributed by atoms with Crippen LogP contribution in [0.25, 0.3) is 23.1 Å². The van der Waals surface area contributed by atoms with Crippen molar-refractivity contribution in [2.45, 2.75) is 0 Å². The van der Waals surface area contributed by atoms with Crippen LogP contribution in [0.1, 0.15) is 11.3 Å². The van der Waals surface area contributed by atoms with E-state index < -0.39 is 0 Å². The Bertz CT molecular complexity index is 880. The molecule has 0 saturated carbocycles. The molecule has 2 aromatic carbocycles. The molecule has 1 N–H and O–H groups in total. The number of hydrogen-bond acceptors (Lipinski definition) is 3. The average Bonchev–Trinajstić information content (AvgIpc) is 2.50. The topological polar surface area (TPSA) is 50.4 Å². The summed E-state index contributed by atoms with van der Waals surface area (Å²) in [5.41, 5.74) is 1.08. The average molecular weight is 343 g/mol. The van der Waals surface area contributed by atoms with Crippen LogP contribution in [0.3, 0.4) is 0 Å². The maximum atomic E-state index is 12.1. The number of fused-ring (bicyclic) bond motifs is 1. The summed E-state index contributed by atoms with van der Waals surface area (Å²) in [6, 6.07) is 14.2. The summed E-state index contributed by atoms with van der Waals surface area (Å²) in [6.45, 7) is 0. The summed E-state index contributed by atoms with van der Waals surface area (Å²) in [6.07, 6.45) is 3.59. The van der Waals surface area contributed by atoms with Gasteiger partial charge in [-0.3, -0.25) is 4.79 Å². The van der Waals surface area contributed by atoms with E-state index in [0.717, 1.165) is 5.56 Å². The van der Waals surface area contributed by atoms with Crippen molar-refractivity contribution in [1.82, 2.24) is 0 Å². The normalized spacial score (nSPS) is 11.3. The first kappa shape index (κ1) is 13.6. The Morgan fingerprint density at radius 1 is 1.05 bits per heavy atom. The number of rotatable bonds is 2. The molecule has 0 aliphatic carbocycles. The van der Waals surface area contributed by atoms with Crippen molar-refractivity contribution in [3.63, 3.8) is 0 Å². The van der Waals surface area contributed by atoms with Crippen molar-refractivity contribution in [3.05, 3.63) is 74.6 Å². The lowest BCUT2D eigenvalue weighted by molar-refractivity contribution is 0.479. The second-order valence-electron chi connectivity index (χ2n) is 4.53. The molecule has 0 aliphatic rings. The highest BCUT2D eigenvalue weighted by molar-refractivity contribution is 9.10. The molecule has 1 aromatic heterocycles. The molecule has 0 amide bonds. The molecule has 0 saturated heterocycles. The maximum Gasteiger partial charge on any atom is 0.197 e. The molecule has 3 nitrogen and oxygen atoms in total. The quantitative estimate of drug-likeness (QED) is 0.749. The Hall–Kier alpha value is -2.33. The van der Waals surface area contributed by atoms with Crippen molar-refractivity contribution < 1.29 is 9.52 Å². The van der Waals surface area contributed by atoms with Crippen molar-refractivity contribution in [3.8, 4) is 5.75 Å². The third-order valence-electron chi connectivity index (χ3n) is 3.07. The van der Waals surface area contributed by atoms with E-state index in [1.54, 1.807) is 12.1 Å². The molecule has 0 aliphatic heterocycles. The molecule has 21 heavy (non-hydrogen) atoms. The van der Waals surface area contributed by atoms with Gasteiger partial charge < -0.3 is 9.52 Å². The molecule has 3 aromatic rings. The zero-order valence-corrected chi connectivity index (χ0v) is 12.5. The molecule has 104 valence electrons. The van der Waals surface area contributed by atoms with Gasteiger partial charge in [-0.2, -0.15) is 0 Å². The van der Waals surface area contributed by atoms with E-state index in [1.807, 2.05) is 36.4 Å². The van der Waals surface area contributed by atoms with Gasteiger partial charge in [0, 0.05) is 6.07 Å². The minimum Gasteiger partial charge on any atom is -0.507 e. The van der Waals surface area contributed by atoms with Crippen LogP contribution < -0.4 is 5.43 Å². The summed E-state index contributed by atoms with van der Waals surface area (Å²) >= 11 is 3.33. The van der Waals surface area contributed by atoms with Crippen molar-refractivity contribution in [2.24, 2.45) is 0 Å². The zero-order chi connectivity index (χ0) is 14.8. The van der Waals surface area contributed by atoms with Gasteiger partial charge in [0.15, 0.2) is 11.0 Å². The molecular weight excluding hydrogens is 332 g/mol. The third kappa shape index (κ3) is 2.76. The molecule has 0 fully saturated rings. The maximum absolute atomic E-state index is 12.1. The molecule has 0 atom stereocenters. The first-order chi connectivity index (χ1) is 10.1. The second-order valence-corrected chi connectivity index (χ2v) is 5.38. The van der Waals surface area contributed by atoms with Gasteiger partial charge >= 0.3 is 0 Å². The van der Waals surface area contributed by atoms with Crippen LogP contribution in [0.2, 0.25) is 0 Å². The van der Waals surface area contributed by atoms with E-state index in [9.17, 15) is 9.90 Å². The predicted molar refractivity (Wildman–Crippen MR) is 87.2 cm³/mol. The summed E-state index contributed by atoms with van der Waals surface area (Å²) in [5, 5.41) is 9.96. The molecule has 0 unspecified atom stereocenters. The highest BCUT2D eigenvalue weighted by atomic mass is 79.9. The number of benzene rings is 2. The molecule has 3 rings (SSSR count). The first-order valence-corrected chi connectivity index (χ1v) is 7.13. The van der Waals surface area contributed by atoms with Crippen molar-refractivity contribution >= 4 is 39.1 Å². The number of aromatic hydroxyl groups is 1. The minimum absolute atomic E-state index is 0.0828. The third-order valence-corrected chi connectivity index (χ3v) is 3.69. The fourth-order valence-corrected chi connectivity index (χ4v) is 2.47. The van der Waals surface area contributed by atoms with Crippen LogP contribution in [-0.2, 0) is 0 Å². The van der Waals surface area contributed by atoms with Gasteiger partial charge in [0.2, 0.25) is 0 Å². The van der Waals surface area contributed by atoms with E-state index in [4.69, 9.17) is 4.42 Å². The zero-order valence-electron chi connectivity index (χ0n) is 10.9.